The zero-order valence-electron chi connectivity index (χ0n) is 10.5. The van der Waals surface area contributed by atoms with E-state index in [0.717, 1.165) is 6.07 Å². The smallest absolute Gasteiger partial charge is 0.342 e. The molecule has 2 atom stereocenters. The van der Waals surface area contributed by atoms with Gasteiger partial charge < -0.3 is 10.4 Å². The molecule has 2 N–H and O–H groups in total. The molecule has 8 heteroatoms. The Balaban J connectivity index is 2.93. The summed E-state index contributed by atoms with van der Waals surface area (Å²) < 4.78 is 11.2. The molecular formula is C11H14N2O5S. The minimum absolute atomic E-state index is 0.108. The summed E-state index contributed by atoms with van der Waals surface area (Å²) in [6.45, 7) is 2.17. The molecule has 0 aliphatic carbocycles. The highest BCUT2D eigenvalue weighted by molar-refractivity contribution is 7.84. The standard InChI is InChI=1S/C11H14N2O5S/c1-7(19(2)18)6-12-8-3-4-10(13(16)17)9(5-8)11(14)15/h3-5,7,12H,6H2,1-2H3,(H,14,15). The van der Waals surface area contributed by atoms with Crippen molar-refractivity contribution in [2.75, 3.05) is 18.1 Å². The first kappa shape index (κ1) is 15.1. The van der Waals surface area contributed by atoms with E-state index in [4.69, 9.17) is 5.11 Å². The Morgan fingerprint density at radius 1 is 1.58 bits per heavy atom. The van der Waals surface area contributed by atoms with Crippen molar-refractivity contribution >= 4 is 28.1 Å². The molecule has 2 unspecified atom stereocenters. The second-order valence-corrected chi connectivity index (χ2v) is 5.79. The molecule has 1 aromatic rings. The number of rotatable bonds is 6. The lowest BCUT2D eigenvalue weighted by Gasteiger charge is -2.11. The van der Waals surface area contributed by atoms with E-state index < -0.39 is 27.4 Å². The fourth-order valence-electron chi connectivity index (χ4n) is 1.36. The summed E-state index contributed by atoms with van der Waals surface area (Å²) in [4.78, 5) is 20.9. The van der Waals surface area contributed by atoms with Gasteiger partial charge in [-0.1, -0.05) is 0 Å². The van der Waals surface area contributed by atoms with E-state index in [0.29, 0.717) is 12.2 Å². The largest absolute Gasteiger partial charge is 0.477 e. The van der Waals surface area contributed by atoms with Crippen LogP contribution >= 0.6 is 0 Å². The van der Waals surface area contributed by atoms with Crippen LogP contribution in [-0.4, -0.2) is 38.3 Å². The van der Waals surface area contributed by atoms with Gasteiger partial charge in [-0.25, -0.2) is 4.79 Å². The quantitative estimate of drug-likeness (QED) is 0.605. The summed E-state index contributed by atoms with van der Waals surface area (Å²) >= 11 is 0. The SMILES string of the molecule is CC(CNc1ccc([N+](=O)[O-])c(C(=O)O)c1)S(C)=O. The third-order valence-corrected chi connectivity index (χ3v) is 3.88. The molecule has 104 valence electrons. The normalized spacial score (nSPS) is 13.6. The number of hydrogen-bond donors (Lipinski definition) is 2. The van der Waals surface area contributed by atoms with E-state index in [1.54, 1.807) is 13.2 Å². The number of carboxylic acid groups (broad SMARTS) is 1. The van der Waals surface area contributed by atoms with Gasteiger partial charge in [0.1, 0.15) is 5.56 Å². The first-order chi connectivity index (χ1) is 8.82. The number of nitrogens with one attached hydrogen (secondary N) is 1. The maximum Gasteiger partial charge on any atom is 0.342 e. The van der Waals surface area contributed by atoms with Gasteiger partial charge >= 0.3 is 5.97 Å². The Morgan fingerprint density at radius 3 is 2.68 bits per heavy atom. The molecule has 0 aliphatic heterocycles. The maximum absolute atomic E-state index is 11.2. The van der Waals surface area contributed by atoms with Crippen molar-refractivity contribution in [2.24, 2.45) is 0 Å². The number of aromatic carboxylic acids is 1. The number of anilines is 1. The van der Waals surface area contributed by atoms with Gasteiger partial charge in [-0.15, -0.1) is 0 Å². The molecule has 0 amide bonds. The Kier molecular flexibility index (Phi) is 4.99. The summed E-state index contributed by atoms with van der Waals surface area (Å²) in [6.07, 6.45) is 1.57. The monoisotopic (exact) mass is 286 g/mol. The number of nitrogens with zero attached hydrogens (tertiary/aromatic N) is 1. The predicted octanol–water partition coefficient (Wildman–Crippen LogP) is 1.47. The maximum atomic E-state index is 11.2. The summed E-state index contributed by atoms with van der Waals surface area (Å²) in [6, 6.07) is 3.76. The molecule has 0 aliphatic rings. The number of hydrogen-bond acceptors (Lipinski definition) is 5. The third-order valence-electron chi connectivity index (χ3n) is 2.58. The van der Waals surface area contributed by atoms with Gasteiger partial charge in [0.15, 0.2) is 0 Å². The second-order valence-electron chi connectivity index (χ2n) is 3.98. The van der Waals surface area contributed by atoms with Crippen LogP contribution in [0.25, 0.3) is 0 Å². The molecule has 0 aromatic heterocycles. The van der Waals surface area contributed by atoms with Gasteiger partial charge in [0.2, 0.25) is 0 Å². The van der Waals surface area contributed by atoms with Crippen LogP contribution in [0.15, 0.2) is 18.2 Å². The van der Waals surface area contributed by atoms with Crippen LogP contribution in [0, 0.1) is 10.1 Å². The van der Waals surface area contributed by atoms with E-state index in [9.17, 15) is 19.1 Å². The first-order valence-electron chi connectivity index (χ1n) is 5.40. The van der Waals surface area contributed by atoms with Crippen molar-refractivity contribution in [3.63, 3.8) is 0 Å². The van der Waals surface area contributed by atoms with Crippen LogP contribution in [0.3, 0.4) is 0 Å². The van der Waals surface area contributed by atoms with Crippen LogP contribution < -0.4 is 5.32 Å². The highest BCUT2D eigenvalue weighted by Gasteiger charge is 2.20. The van der Waals surface area contributed by atoms with E-state index in [1.165, 1.54) is 12.1 Å². The summed E-state index contributed by atoms with van der Waals surface area (Å²) in [5.41, 5.74) is -0.384. The van der Waals surface area contributed by atoms with Crippen molar-refractivity contribution < 1.29 is 19.0 Å². The number of benzene rings is 1. The zero-order chi connectivity index (χ0) is 14.6. The first-order valence-corrected chi connectivity index (χ1v) is 7.03. The molecule has 0 radical (unpaired) electrons. The van der Waals surface area contributed by atoms with E-state index >= 15 is 0 Å². The van der Waals surface area contributed by atoms with Crippen LogP contribution in [0.5, 0.6) is 0 Å². The van der Waals surface area contributed by atoms with Crippen LogP contribution in [-0.2, 0) is 10.8 Å². The molecule has 0 saturated carbocycles. The van der Waals surface area contributed by atoms with Gasteiger partial charge in [-0.2, -0.15) is 0 Å². The molecule has 19 heavy (non-hydrogen) atoms. The number of nitro benzene ring substituents is 1. The molecule has 0 spiro atoms. The van der Waals surface area contributed by atoms with Crippen molar-refractivity contribution in [2.45, 2.75) is 12.2 Å². The lowest BCUT2D eigenvalue weighted by atomic mass is 10.1. The lowest BCUT2D eigenvalue weighted by molar-refractivity contribution is -0.385. The predicted molar refractivity (Wildman–Crippen MR) is 72.1 cm³/mol. The topological polar surface area (TPSA) is 110 Å². The van der Waals surface area contributed by atoms with Gasteiger partial charge in [-0.3, -0.25) is 14.3 Å². The van der Waals surface area contributed by atoms with Crippen LogP contribution in [0.2, 0.25) is 0 Å². The van der Waals surface area contributed by atoms with E-state index in [2.05, 4.69) is 5.32 Å². The fourth-order valence-corrected chi connectivity index (χ4v) is 1.67. The van der Waals surface area contributed by atoms with Gasteiger partial charge in [-0.05, 0) is 19.1 Å². The molecular weight excluding hydrogens is 272 g/mol. The van der Waals surface area contributed by atoms with E-state index in [1.807, 2.05) is 0 Å². The molecule has 0 heterocycles. The number of nitro groups is 1. The van der Waals surface area contributed by atoms with Crippen molar-refractivity contribution in [3.8, 4) is 0 Å². The number of carboxylic acids is 1. The molecule has 0 bridgehead atoms. The molecule has 1 rings (SSSR count). The van der Waals surface area contributed by atoms with Gasteiger partial charge in [0, 0.05) is 40.6 Å². The Hall–Kier alpha value is -1.96. The molecule has 1 aromatic carbocycles. The third kappa shape index (κ3) is 4.02. The highest BCUT2D eigenvalue weighted by Crippen LogP contribution is 2.22. The Morgan fingerprint density at radius 2 is 2.21 bits per heavy atom. The average Bonchev–Trinajstić information content (AvgIpc) is 2.35. The molecule has 0 fully saturated rings. The zero-order valence-corrected chi connectivity index (χ0v) is 11.3. The fraction of sp³-hybridized carbons (Fsp3) is 0.364. The van der Waals surface area contributed by atoms with Gasteiger partial charge in [0.05, 0.1) is 4.92 Å². The summed E-state index contributed by atoms with van der Waals surface area (Å²) in [5, 5.41) is 22.4. The van der Waals surface area contributed by atoms with Crippen LogP contribution in [0.4, 0.5) is 11.4 Å². The summed E-state index contributed by atoms with van der Waals surface area (Å²) in [7, 11) is -0.997. The van der Waals surface area contributed by atoms with Crippen molar-refractivity contribution in [3.05, 3.63) is 33.9 Å². The van der Waals surface area contributed by atoms with Gasteiger partial charge in [0.25, 0.3) is 5.69 Å². The molecule has 7 nitrogen and oxygen atoms in total. The highest BCUT2D eigenvalue weighted by atomic mass is 32.2. The number of carbonyl (C=O) groups is 1. The van der Waals surface area contributed by atoms with E-state index in [-0.39, 0.29) is 10.8 Å². The lowest BCUT2D eigenvalue weighted by Crippen LogP contribution is -2.20. The van der Waals surface area contributed by atoms with Crippen molar-refractivity contribution in [1.29, 1.82) is 0 Å². The van der Waals surface area contributed by atoms with Crippen LogP contribution in [0.1, 0.15) is 17.3 Å². The minimum Gasteiger partial charge on any atom is -0.477 e. The summed E-state index contributed by atoms with van der Waals surface area (Å²) in [5.74, 6) is -1.36. The Bertz CT molecular complexity index is 532. The Labute approximate surface area is 112 Å². The second kappa shape index (κ2) is 6.28. The van der Waals surface area contributed by atoms with Crippen molar-refractivity contribution in [1.82, 2.24) is 0 Å². The minimum atomic E-state index is -1.36. The average molecular weight is 286 g/mol. The molecule has 0 saturated heterocycles.